The Morgan fingerprint density at radius 2 is 1.63 bits per heavy atom. The Morgan fingerprint density at radius 1 is 1.11 bits per heavy atom. The number of hydrogen-bond acceptors (Lipinski definition) is 6. The molecule has 7 heteroatoms. The van der Waals surface area contributed by atoms with Crippen molar-refractivity contribution in [1.82, 2.24) is 0 Å². The summed E-state index contributed by atoms with van der Waals surface area (Å²) in [6.45, 7) is 7.05. The summed E-state index contributed by atoms with van der Waals surface area (Å²) in [5.41, 5.74) is 0.395. The molecule has 0 rings (SSSR count). The van der Waals surface area contributed by atoms with Crippen molar-refractivity contribution in [3.05, 3.63) is 12.2 Å². The first-order valence-electron chi connectivity index (χ1n) is 6.15. The van der Waals surface area contributed by atoms with E-state index in [4.69, 9.17) is 23.7 Å². The number of carbonyl (C=O) groups is 1. The molecule has 0 aromatic rings. The molecule has 0 saturated heterocycles. The van der Waals surface area contributed by atoms with E-state index >= 15 is 0 Å². The van der Waals surface area contributed by atoms with Gasteiger partial charge in [0.2, 0.25) is 0 Å². The van der Waals surface area contributed by atoms with Gasteiger partial charge < -0.3 is 23.7 Å². The molecule has 112 valence electrons. The zero-order valence-electron chi connectivity index (χ0n) is 12.0. The molecule has 6 nitrogen and oxygen atoms in total. The van der Waals surface area contributed by atoms with Crippen LogP contribution in [0.4, 0.5) is 0 Å². The van der Waals surface area contributed by atoms with E-state index in [1.807, 2.05) is 0 Å². The van der Waals surface area contributed by atoms with E-state index < -0.39 is 9.52 Å². The standard InChI is InChI=1S/C12H24O6Si/c1-10(2)11(13)18-9-19-12(16-7-5-14-3)17-8-6-15-4/h12H,1,5-9,19H2,2-4H3. The lowest BCUT2D eigenvalue weighted by atomic mass is 10.4. The highest BCUT2D eigenvalue weighted by molar-refractivity contribution is 6.36. The Kier molecular flexibility index (Phi) is 11.8. The second-order valence-corrected chi connectivity index (χ2v) is 5.51. The maximum atomic E-state index is 11.2. The molecule has 0 aromatic carbocycles. The highest BCUT2D eigenvalue weighted by Crippen LogP contribution is 1.97. The minimum Gasteiger partial charge on any atom is -0.467 e. The summed E-state index contributed by atoms with van der Waals surface area (Å²) < 4.78 is 25.9. The van der Waals surface area contributed by atoms with Crippen molar-refractivity contribution >= 4 is 15.5 Å². The zero-order valence-corrected chi connectivity index (χ0v) is 13.4. The van der Waals surface area contributed by atoms with Crippen LogP contribution in [0, 0.1) is 0 Å². The topological polar surface area (TPSA) is 63.2 Å². The first-order chi connectivity index (χ1) is 9.11. The predicted molar refractivity (Wildman–Crippen MR) is 73.8 cm³/mol. The van der Waals surface area contributed by atoms with Crippen LogP contribution in [0.1, 0.15) is 6.92 Å². The molecule has 0 N–H and O–H groups in total. The molecular formula is C12H24O6Si. The van der Waals surface area contributed by atoms with Gasteiger partial charge in [0, 0.05) is 19.8 Å². The fraction of sp³-hybridized carbons (Fsp3) is 0.750. The van der Waals surface area contributed by atoms with E-state index in [1.54, 1.807) is 21.1 Å². The number of carbonyl (C=O) groups excluding carboxylic acids is 1. The van der Waals surface area contributed by atoms with Crippen molar-refractivity contribution in [3.63, 3.8) is 0 Å². The van der Waals surface area contributed by atoms with Crippen LogP contribution in [0.5, 0.6) is 0 Å². The Bertz CT molecular complexity index is 249. The summed E-state index contributed by atoms with van der Waals surface area (Å²) in [5.74, 6) is -0.678. The molecule has 0 heterocycles. The van der Waals surface area contributed by atoms with Gasteiger partial charge in [-0.15, -0.1) is 0 Å². The number of rotatable bonds is 12. The van der Waals surface area contributed by atoms with Crippen LogP contribution < -0.4 is 0 Å². The van der Waals surface area contributed by atoms with Crippen molar-refractivity contribution in [3.8, 4) is 0 Å². The van der Waals surface area contributed by atoms with Gasteiger partial charge in [0.05, 0.1) is 32.7 Å². The van der Waals surface area contributed by atoms with Gasteiger partial charge in [0.1, 0.15) is 15.4 Å². The van der Waals surface area contributed by atoms with Crippen LogP contribution >= 0.6 is 0 Å². The molecule has 0 atom stereocenters. The molecule has 19 heavy (non-hydrogen) atoms. The molecule has 0 aliphatic heterocycles. The largest absolute Gasteiger partial charge is 0.467 e. The summed E-state index contributed by atoms with van der Waals surface area (Å²) in [5, 5.41) is 0. The maximum absolute atomic E-state index is 11.2. The smallest absolute Gasteiger partial charge is 0.332 e. The number of methoxy groups -OCH3 is 2. The molecule has 0 radical (unpaired) electrons. The van der Waals surface area contributed by atoms with E-state index in [-0.39, 0.29) is 11.9 Å². The van der Waals surface area contributed by atoms with Crippen LogP contribution in [0.3, 0.4) is 0 Å². The zero-order chi connectivity index (χ0) is 14.5. The highest BCUT2D eigenvalue weighted by atomic mass is 28.2. The van der Waals surface area contributed by atoms with E-state index in [0.29, 0.717) is 38.2 Å². The fourth-order valence-electron chi connectivity index (χ4n) is 1.11. The molecule has 0 amide bonds. The van der Waals surface area contributed by atoms with Crippen LogP contribution in [0.2, 0.25) is 0 Å². The molecule has 0 aromatic heterocycles. The molecule has 0 bridgehead atoms. The minimum absolute atomic E-state index is 0.303. The van der Waals surface area contributed by atoms with Crippen molar-refractivity contribution in [2.75, 3.05) is 46.9 Å². The summed E-state index contributed by atoms with van der Waals surface area (Å²) in [6.07, 6.45) is 0.357. The van der Waals surface area contributed by atoms with Gasteiger partial charge in [-0.05, 0) is 6.92 Å². The van der Waals surface area contributed by atoms with Gasteiger partial charge >= 0.3 is 5.97 Å². The van der Waals surface area contributed by atoms with Gasteiger partial charge in [-0.25, -0.2) is 4.79 Å². The van der Waals surface area contributed by atoms with Crippen LogP contribution in [0.15, 0.2) is 12.2 Å². The van der Waals surface area contributed by atoms with E-state index in [1.165, 1.54) is 0 Å². The van der Waals surface area contributed by atoms with Gasteiger partial charge in [0.15, 0.2) is 0 Å². The minimum atomic E-state index is -0.845. The maximum Gasteiger partial charge on any atom is 0.332 e. The average molecular weight is 292 g/mol. The predicted octanol–water partition coefficient (Wildman–Crippen LogP) is -0.158. The Morgan fingerprint density at radius 3 is 2.05 bits per heavy atom. The third-order valence-electron chi connectivity index (χ3n) is 2.12. The second kappa shape index (κ2) is 12.3. The van der Waals surface area contributed by atoms with Gasteiger partial charge in [0.25, 0.3) is 0 Å². The number of ether oxygens (including phenoxy) is 5. The summed E-state index contributed by atoms with van der Waals surface area (Å²) in [4.78, 5) is 11.2. The lowest BCUT2D eigenvalue weighted by Gasteiger charge is -2.18. The third-order valence-corrected chi connectivity index (χ3v) is 3.50. The average Bonchev–Trinajstić information content (AvgIpc) is 2.38. The van der Waals surface area contributed by atoms with Gasteiger partial charge in [-0.3, -0.25) is 0 Å². The van der Waals surface area contributed by atoms with Crippen LogP contribution in [0.25, 0.3) is 0 Å². The Labute approximate surface area is 116 Å². The molecule has 0 aliphatic carbocycles. The molecule has 0 saturated carbocycles. The SMILES string of the molecule is C=C(C)C(=O)OC[SiH2]C(OCCOC)OCCOC. The van der Waals surface area contributed by atoms with Crippen molar-refractivity contribution in [2.24, 2.45) is 0 Å². The van der Waals surface area contributed by atoms with Crippen LogP contribution in [-0.2, 0) is 28.5 Å². The second-order valence-electron chi connectivity index (χ2n) is 3.86. The lowest BCUT2D eigenvalue weighted by Crippen LogP contribution is -2.31. The molecule has 0 fully saturated rings. The fourth-order valence-corrected chi connectivity index (χ4v) is 2.27. The highest BCUT2D eigenvalue weighted by Gasteiger charge is 2.12. The van der Waals surface area contributed by atoms with E-state index in [2.05, 4.69) is 6.58 Å². The number of hydrogen-bond donors (Lipinski definition) is 0. The lowest BCUT2D eigenvalue weighted by molar-refractivity contribution is -0.137. The summed E-state index contributed by atoms with van der Waals surface area (Å²) in [6, 6.07) is 0. The van der Waals surface area contributed by atoms with E-state index in [0.717, 1.165) is 0 Å². The van der Waals surface area contributed by atoms with Crippen molar-refractivity contribution in [2.45, 2.75) is 12.8 Å². The monoisotopic (exact) mass is 292 g/mol. The number of esters is 1. The van der Waals surface area contributed by atoms with Gasteiger partial charge in [-0.1, -0.05) is 6.58 Å². The Balaban J connectivity index is 3.88. The first-order valence-corrected chi connectivity index (χ1v) is 7.97. The Hall–Kier alpha value is -0.733. The van der Waals surface area contributed by atoms with Crippen LogP contribution in [-0.4, -0.2) is 68.3 Å². The normalized spacial score (nSPS) is 11.4. The summed E-state index contributed by atoms with van der Waals surface area (Å²) in [7, 11) is 2.37. The molecular weight excluding hydrogens is 268 g/mol. The third kappa shape index (κ3) is 10.8. The van der Waals surface area contributed by atoms with Crippen molar-refractivity contribution in [1.29, 1.82) is 0 Å². The quantitative estimate of drug-likeness (QED) is 0.164. The molecule has 0 unspecified atom stereocenters. The van der Waals surface area contributed by atoms with Gasteiger partial charge in [-0.2, -0.15) is 0 Å². The molecule has 0 spiro atoms. The molecule has 0 aliphatic rings. The van der Waals surface area contributed by atoms with E-state index in [9.17, 15) is 4.79 Å². The summed E-state index contributed by atoms with van der Waals surface area (Å²) >= 11 is 0. The first kappa shape index (κ1) is 18.3. The van der Waals surface area contributed by atoms with Crippen molar-refractivity contribution < 1.29 is 28.5 Å².